The fourth-order valence-electron chi connectivity index (χ4n) is 2.79. The van der Waals surface area contributed by atoms with Crippen molar-refractivity contribution in [3.8, 4) is 0 Å². The molecule has 1 fully saturated rings. The molecule has 1 aromatic heterocycles. The van der Waals surface area contributed by atoms with Crippen molar-refractivity contribution < 1.29 is 68.1 Å². The summed E-state index contributed by atoms with van der Waals surface area (Å²) in [5.74, 6) is -1.63. The van der Waals surface area contributed by atoms with Crippen LogP contribution in [0.25, 0.3) is 0 Å². The third kappa shape index (κ3) is 15.2. The number of aromatic nitrogens is 1. The van der Waals surface area contributed by atoms with Crippen LogP contribution < -0.4 is 21.1 Å². The Morgan fingerprint density at radius 3 is 1.98 bits per heavy atom. The van der Waals surface area contributed by atoms with E-state index in [1.165, 1.54) is 22.9 Å². The smallest absolute Gasteiger partial charge is 0.469 e. The van der Waals surface area contributed by atoms with E-state index in [1.807, 2.05) is 12.5 Å². The number of thioether (sulfide) groups is 2. The summed E-state index contributed by atoms with van der Waals surface area (Å²) in [6, 6.07) is 1.29. The molecule has 0 bridgehead atoms. The molecule has 1 aliphatic heterocycles. The number of aromatic carboxylic acids is 1. The topological polar surface area (TPSA) is 287 Å². The number of ether oxygens (including phenoxy) is 1. The first-order chi connectivity index (χ1) is 18.5. The van der Waals surface area contributed by atoms with E-state index >= 15 is 0 Å². The highest BCUT2D eigenvalue weighted by atomic mass is 32.2. The van der Waals surface area contributed by atoms with E-state index < -0.39 is 69.0 Å². The highest BCUT2D eigenvalue weighted by Gasteiger charge is 2.48. The molecule has 0 aliphatic carbocycles. The fourth-order valence-corrected chi connectivity index (χ4v) is 4.11. The number of carbonyl (C=O) groups is 3. The van der Waals surface area contributed by atoms with Crippen molar-refractivity contribution in [3.05, 3.63) is 30.1 Å². The predicted molar refractivity (Wildman–Crippen MR) is 142 cm³/mol. The first-order valence-corrected chi connectivity index (χ1v) is 15.8. The Labute approximate surface area is 238 Å². The number of nitrogens with two attached hydrogens (primary N) is 2. The zero-order valence-electron chi connectivity index (χ0n) is 21.7. The van der Waals surface area contributed by atoms with Crippen LogP contribution in [-0.2, 0) is 23.4 Å². The summed E-state index contributed by atoms with van der Waals surface area (Å²) < 4.78 is 21.4. The first-order valence-electron chi connectivity index (χ1n) is 11.4. The van der Waals surface area contributed by atoms with Gasteiger partial charge in [0.25, 0.3) is 6.23 Å². The lowest BCUT2D eigenvalue weighted by molar-refractivity contribution is -0.765. The van der Waals surface area contributed by atoms with Crippen LogP contribution in [0.3, 0.4) is 0 Å². The number of carboxylic acid groups (broad SMARTS) is 3. The number of rotatable bonds is 13. The average Bonchev–Trinajstić information content (AvgIpc) is 3.18. The molecule has 230 valence electrons. The molecule has 19 heteroatoms. The number of aliphatic hydroxyl groups excluding tert-OH is 2. The largest absolute Gasteiger partial charge is 0.545 e. The lowest BCUT2D eigenvalue weighted by Crippen LogP contribution is -2.46. The van der Waals surface area contributed by atoms with Gasteiger partial charge in [-0.15, -0.1) is 0 Å². The number of aliphatic carboxylic acids is 2. The van der Waals surface area contributed by atoms with Crippen LogP contribution in [0.2, 0.25) is 0 Å². The molecule has 2 unspecified atom stereocenters. The minimum absolute atomic E-state index is 0.164. The number of hydrogen-bond acceptors (Lipinski definition) is 13. The van der Waals surface area contributed by atoms with Gasteiger partial charge < -0.3 is 56.3 Å². The van der Waals surface area contributed by atoms with Crippen molar-refractivity contribution in [2.75, 3.05) is 30.6 Å². The third-order valence-corrected chi connectivity index (χ3v) is 6.77. The molecule has 1 saturated heterocycles. The second-order valence-electron chi connectivity index (χ2n) is 8.11. The molecule has 0 radical (unpaired) electrons. The summed E-state index contributed by atoms with van der Waals surface area (Å²) in [6.45, 7) is -0.639. The summed E-state index contributed by atoms with van der Waals surface area (Å²) >= 11 is 3.21. The van der Waals surface area contributed by atoms with Gasteiger partial charge in [-0.05, 0) is 42.9 Å². The van der Waals surface area contributed by atoms with Gasteiger partial charge in [0, 0.05) is 6.07 Å². The van der Waals surface area contributed by atoms with Gasteiger partial charge in [0.1, 0.15) is 24.3 Å². The highest BCUT2D eigenvalue weighted by Crippen LogP contribution is 2.37. The Bertz CT molecular complexity index is 963. The van der Waals surface area contributed by atoms with Gasteiger partial charge in [-0.2, -0.15) is 28.1 Å². The number of carboxylic acids is 3. The molecule has 0 spiro atoms. The molecule has 40 heavy (non-hydrogen) atoms. The SMILES string of the molecule is CSCCC(N)C(=O)O.CSCCC(N)C(=O)O.O=C([O-])c1ccc[n+]([C@@H]2O[C@H](COP(=O)(O)O)[C@@H](O)[C@H]2O)c1. The fraction of sp³-hybridized carbons (Fsp3) is 0.619. The molecule has 0 aromatic carbocycles. The molecule has 0 amide bonds. The van der Waals surface area contributed by atoms with Crippen LogP contribution in [-0.4, -0.2) is 109 Å². The van der Waals surface area contributed by atoms with Crippen LogP contribution in [0, 0.1) is 0 Å². The van der Waals surface area contributed by atoms with Gasteiger partial charge in [0.05, 0.1) is 18.1 Å². The van der Waals surface area contributed by atoms with E-state index in [4.69, 9.17) is 36.2 Å². The Balaban J connectivity index is 0.000000700. The van der Waals surface area contributed by atoms with E-state index in [1.54, 1.807) is 23.5 Å². The number of phosphoric ester groups is 1. The van der Waals surface area contributed by atoms with Gasteiger partial charge in [-0.1, -0.05) is 0 Å². The molecule has 10 N–H and O–H groups in total. The van der Waals surface area contributed by atoms with Crippen LogP contribution in [0.4, 0.5) is 0 Å². The van der Waals surface area contributed by atoms with Crippen molar-refractivity contribution in [2.24, 2.45) is 11.5 Å². The van der Waals surface area contributed by atoms with E-state index in [2.05, 4.69) is 4.52 Å². The Kier molecular flexibility index (Phi) is 18.4. The molecule has 1 aliphatic rings. The molecule has 16 nitrogen and oxygen atoms in total. The monoisotopic (exact) mass is 633 g/mol. The van der Waals surface area contributed by atoms with E-state index in [0.717, 1.165) is 17.7 Å². The molecule has 6 atom stereocenters. The number of hydrogen-bond donors (Lipinski definition) is 8. The Morgan fingerprint density at radius 1 is 1.07 bits per heavy atom. The highest BCUT2D eigenvalue weighted by molar-refractivity contribution is 7.98. The van der Waals surface area contributed by atoms with Crippen molar-refractivity contribution in [1.29, 1.82) is 0 Å². The van der Waals surface area contributed by atoms with E-state index in [0.29, 0.717) is 12.8 Å². The number of aliphatic hydroxyl groups is 2. The maximum absolute atomic E-state index is 10.8. The van der Waals surface area contributed by atoms with Gasteiger partial charge in [0.2, 0.25) is 0 Å². The standard InChI is InChI=1S/C11H14NO9P.2C5H11NO2S/c13-8-7(5-20-22(17,18)19)21-10(9(8)14)12-3-1-2-6(4-12)11(15)16;2*1-9-3-2-4(6)5(7)8/h1-4,7-10,13-14H,5H2,(H2-,15,16,17,18,19);2*4H,2-3,6H2,1H3,(H,7,8)/t7-,8-,9-,10-;;/m1../s1. The average molecular weight is 634 g/mol. The number of carbonyl (C=O) groups excluding carboxylic acids is 1. The lowest BCUT2D eigenvalue weighted by Gasteiger charge is -2.13. The minimum atomic E-state index is -4.74. The van der Waals surface area contributed by atoms with E-state index in [-0.39, 0.29) is 5.56 Å². The first kappa shape index (κ1) is 38.2. The normalized spacial score (nSPS) is 21.7. The number of nitrogens with zero attached hydrogens (tertiary/aromatic N) is 1. The molecule has 0 saturated carbocycles. The maximum Gasteiger partial charge on any atom is 0.469 e. The predicted octanol–water partition coefficient (Wildman–Crippen LogP) is -2.63. The van der Waals surface area contributed by atoms with Crippen molar-refractivity contribution >= 4 is 49.3 Å². The van der Waals surface area contributed by atoms with Gasteiger partial charge >= 0.3 is 19.8 Å². The molecular weight excluding hydrogens is 597 g/mol. The maximum atomic E-state index is 10.8. The molecule has 1 aromatic rings. The van der Waals surface area contributed by atoms with Gasteiger partial charge in [-0.3, -0.25) is 14.1 Å². The minimum Gasteiger partial charge on any atom is -0.545 e. The number of phosphoric acid groups is 1. The van der Waals surface area contributed by atoms with Crippen LogP contribution in [0.5, 0.6) is 0 Å². The van der Waals surface area contributed by atoms with Crippen LogP contribution in [0.1, 0.15) is 29.4 Å². The lowest BCUT2D eigenvalue weighted by atomic mass is 10.1. The zero-order chi connectivity index (χ0) is 31.0. The molecule has 2 rings (SSSR count). The van der Waals surface area contributed by atoms with Crippen LogP contribution in [0.15, 0.2) is 24.5 Å². The second kappa shape index (κ2) is 19.3. The summed E-state index contributed by atoms with van der Waals surface area (Å²) in [5.41, 5.74) is 10.2. The second-order valence-corrected chi connectivity index (χ2v) is 11.3. The Morgan fingerprint density at radius 2 is 1.57 bits per heavy atom. The molecular formula is C21H36N3O13PS2. The van der Waals surface area contributed by atoms with Crippen molar-refractivity contribution in [3.63, 3.8) is 0 Å². The summed E-state index contributed by atoms with van der Waals surface area (Å²) in [4.78, 5) is 48.2. The summed E-state index contributed by atoms with van der Waals surface area (Å²) in [7, 11) is -4.74. The zero-order valence-corrected chi connectivity index (χ0v) is 24.2. The quantitative estimate of drug-likeness (QED) is 0.0814. The van der Waals surface area contributed by atoms with Gasteiger partial charge in [-0.25, -0.2) is 4.57 Å². The van der Waals surface area contributed by atoms with Crippen molar-refractivity contribution in [1.82, 2.24) is 0 Å². The summed E-state index contributed by atoms with van der Waals surface area (Å²) in [6.07, 6.45) is 2.27. The number of pyridine rings is 1. The van der Waals surface area contributed by atoms with Crippen molar-refractivity contribution in [2.45, 2.75) is 49.5 Å². The Hall–Kier alpha value is -1.83. The van der Waals surface area contributed by atoms with E-state index in [9.17, 15) is 34.3 Å². The summed E-state index contributed by atoms with van der Waals surface area (Å²) in [5, 5.41) is 47.1. The van der Waals surface area contributed by atoms with Crippen LogP contribution >= 0.6 is 31.3 Å². The van der Waals surface area contributed by atoms with Gasteiger partial charge in [0.15, 0.2) is 18.5 Å². The molecule has 2 heterocycles. The third-order valence-electron chi connectivity index (χ3n) is 5.00.